The number of hydrogen-bond acceptors (Lipinski definition) is 1. The smallest absolute Gasteiger partial charge is 0.191 e. The summed E-state index contributed by atoms with van der Waals surface area (Å²) >= 11 is 0. The van der Waals surface area contributed by atoms with Gasteiger partial charge in [0.1, 0.15) is 7.74 Å². The Morgan fingerprint density at radius 1 is 0.667 bits per heavy atom. The molecule has 0 aromatic carbocycles. The maximum absolute atomic E-state index is 6.38. The van der Waals surface area contributed by atoms with Crippen LogP contribution in [0.4, 0.5) is 0 Å². The SMILES string of the molecule is CCCCCCCCCCCCCC(O[Si](C)(C)C)=P[Si](C)(C)C. The lowest BCUT2D eigenvalue weighted by Gasteiger charge is -2.22. The zero-order valence-corrected chi connectivity index (χ0v) is 20.7. The average Bonchev–Trinajstić information content (AvgIpc) is 2.41. The third-order valence-corrected chi connectivity index (χ3v) is 8.90. The first kappa shape index (κ1) is 24.6. The standard InChI is InChI=1S/C20H45OPSi2/c1-8-9-10-11-12-13-14-15-16-17-18-19-20(21-23(2,3)4)22-24(5,6)7/h8-19H2,1-7H3. The maximum atomic E-state index is 6.38. The minimum absolute atomic E-state index is 1.09. The van der Waals surface area contributed by atoms with E-state index in [1.807, 2.05) is 0 Å². The van der Waals surface area contributed by atoms with E-state index in [0.717, 1.165) is 0 Å². The molecule has 0 amide bonds. The quantitative estimate of drug-likeness (QED) is 0.155. The molecule has 0 aromatic rings. The Bertz CT molecular complexity index is 330. The van der Waals surface area contributed by atoms with Crippen molar-refractivity contribution in [2.24, 2.45) is 0 Å². The second-order valence-electron chi connectivity index (χ2n) is 9.18. The van der Waals surface area contributed by atoms with Crippen LogP contribution >= 0.6 is 7.75 Å². The fraction of sp³-hybridized carbons (Fsp3) is 0.950. The van der Waals surface area contributed by atoms with E-state index in [2.05, 4.69) is 46.2 Å². The van der Waals surface area contributed by atoms with Crippen molar-refractivity contribution in [2.45, 2.75) is 123 Å². The van der Waals surface area contributed by atoms with Crippen LogP contribution in [0.2, 0.25) is 39.3 Å². The monoisotopic (exact) mass is 388 g/mol. The van der Waals surface area contributed by atoms with Gasteiger partial charge in [0.15, 0.2) is 8.32 Å². The summed E-state index contributed by atoms with van der Waals surface area (Å²) in [5.41, 5.74) is 1.41. The highest BCUT2D eigenvalue weighted by Gasteiger charge is 2.20. The molecule has 0 heterocycles. The van der Waals surface area contributed by atoms with Gasteiger partial charge >= 0.3 is 0 Å². The van der Waals surface area contributed by atoms with Crippen molar-refractivity contribution in [3.05, 3.63) is 0 Å². The summed E-state index contributed by atoms with van der Waals surface area (Å²) in [6.07, 6.45) is 16.8. The summed E-state index contributed by atoms with van der Waals surface area (Å²) < 4.78 is 6.38. The minimum Gasteiger partial charge on any atom is -0.386 e. The van der Waals surface area contributed by atoms with Gasteiger partial charge in [-0.3, -0.25) is 0 Å². The van der Waals surface area contributed by atoms with Crippen LogP contribution < -0.4 is 0 Å². The van der Waals surface area contributed by atoms with E-state index in [9.17, 15) is 0 Å². The second-order valence-corrected chi connectivity index (χ2v) is 23.4. The summed E-state index contributed by atoms with van der Waals surface area (Å²) in [5.74, 6) is 0. The van der Waals surface area contributed by atoms with Gasteiger partial charge in [-0.1, -0.05) is 98.5 Å². The largest absolute Gasteiger partial charge is 0.386 e. The molecule has 0 atom stereocenters. The molecule has 0 N–H and O–H groups in total. The van der Waals surface area contributed by atoms with Gasteiger partial charge in [0.05, 0.1) is 5.48 Å². The van der Waals surface area contributed by atoms with Crippen LogP contribution in [0.3, 0.4) is 0 Å². The van der Waals surface area contributed by atoms with Crippen molar-refractivity contribution in [1.82, 2.24) is 0 Å². The molecule has 0 radical (unpaired) electrons. The highest BCUT2D eigenvalue weighted by atomic mass is 31.3. The van der Waals surface area contributed by atoms with Gasteiger partial charge in [-0.15, -0.1) is 0 Å². The Labute approximate surface area is 157 Å². The molecule has 24 heavy (non-hydrogen) atoms. The second kappa shape index (κ2) is 13.7. The third kappa shape index (κ3) is 18.9. The first-order valence-corrected chi connectivity index (χ1v) is 19.1. The summed E-state index contributed by atoms with van der Waals surface area (Å²) in [4.78, 5) is 0. The van der Waals surface area contributed by atoms with E-state index in [4.69, 9.17) is 4.43 Å². The Kier molecular flexibility index (Phi) is 14.0. The summed E-state index contributed by atoms with van der Waals surface area (Å²) in [5, 5.41) is 0. The first-order valence-electron chi connectivity index (χ1n) is 10.4. The molecule has 0 aromatic heterocycles. The van der Waals surface area contributed by atoms with Crippen LogP contribution in [-0.2, 0) is 4.43 Å². The van der Waals surface area contributed by atoms with Gasteiger partial charge in [-0.2, -0.15) is 0 Å². The highest BCUT2D eigenvalue weighted by Crippen LogP contribution is 2.24. The van der Waals surface area contributed by atoms with Gasteiger partial charge in [-0.25, -0.2) is 0 Å². The fourth-order valence-electron chi connectivity index (χ4n) is 2.80. The van der Waals surface area contributed by atoms with Crippen molar-refractivity contribution < 1.29 is 4.43 Å². The molecule has 0 aliphatic rings. The molecule has 0 saturated carbocycles. The lowest BCUT2D eigenvalue weighted by atomic mass is 10.1. The first-order chi connectivity index (χ1) is 11.1. The Balaban J connectivity index is 3.79. The Morgan fingerprint density at radius 2 is 1.08 bits per heavy atom. The van der Waals surface area contributed by atoms with Crippen molar-refractivity contribution >= 4 is 29.3 Å². The van der Waals surface area contributed by atoms with Gasteiger partial charge in [0.25, 0.3) is 0 Å². The number of hydrogen-bond donors (Lipinski definition) is 0. The van der Waals surface area contributed by atoms with Crippen LogP contribution in [0.25, 0.3) is 0 Å². The van der Waals surface area contributed by atoms with Crippen molar-refractivity contribution in [3.63, 3.8) is 0 Å². The molecule has 4 heteroatoms. The lowest BCUT2D eigenvalue weighted by Crippen LogP contribution is -2.29. The van der Waals surface area contributed by atoms with E-state index in [1.165, 1.54) is 90.3 Å². The van der Waals surface area contributed by atoms with Crippen molar-refractivity contribution in [2.75, 3.05) is 0 Å². The van der Waals surface area contributed by atoms with Crippen LogP contribution in [0.1, 0.15) is 84.0 Å². The molecular weight excluding hydrogens is 343 g/mol. The molecule has 0 fully saturated rings. The summed E-state index contributed by atoms with van der Waals surface area (Å²) in [6.45, 7) is 16.6. The lowest BCUT2D eigenvalue weighted by molar-refractivity contribution is 0.526. The Morgan fingerprint density at radius 3 is 1.46 bits per heavy atom. The fourth-order valence-corrected chi connectivity index (χ4v) is 8.62. The molecule has 0 spiro atoms. The molecule has 0 unspecified atom stereocenters. The molecule has 0 saturated heterocycles. The van der Waals surface area contributed by atoms with Gasteiger partial charge in [-0.05, 0) is 32.5 Å². The zero-order chi connectivity index (χ0) is 18.5. The average molecular weight is 389 g/mol. The maximum Gasteiger partial charge on any atom is 0.191 e. The minimum atomic E-state index is -1.44. The normalized spacial score (nSPS) is 13.5. The Hall–Kier alpha value is 0.564. The molecule has 0 bridgehead atoms. The third-order valence-electron chi connectivity index (χ3n) is 3.88. The van der Waals surface area contributed by atoms with Crippen LogP contribution in [0, 0.1) is 0 Å². The molecule has 144 valence electrons. The van der Waals surface area contributed by atoms with E-state index in [0.29, 0.717) is 0 Å². The van der Waals surface area contributed by atoms with E-state index in [-0.39, 0.29) is 0 Å². The predicted octanol–water partition coefficient (Wildman–Crippen LogP) is 8.45. The summed E-state index contributed by atoms with van der Waals surface area (Å²) in [7, 11) is -0.998. The van der Waals surface area contributed by atoms with Crippen LogP contribution in [0.5, 0.6) is 0 Å². The molecular formula is C20H45OPSi2. The number of unbranched alkanes of at least 4 members (excludes halogenated alkanes) is 10. The molecule has 0 aliphatic heterocycles. The van der Waals surface area contributed by atoms with Crippen molar-refractivity contribution in [3.8, 4) is 0 Å². The molecule has 1 nitrogen and oxygen atoms in total. The van der Waals surface area contributed by atoms with Crippen LogP contribution in [0.15, 0.2) is 0 Å². The van der Waals surface area contributed by atoms with E-state index in [1.54, 1.807) is 0 Å². The van der Waals surface area contributed by atoms with Gasteiger partial charge in [0.2, 0.25) is 0 Å². The van der Waals surface area contributed by atoms with Crippen molar-refractivity contribution in [1.29, 1.82) is 0 Å². The van der Waals surface area contributed by atoms with Gasteiger partial charge < -0.3 is 4.43 Å². The highest BCUT2D eigenvalue weighted by molar-refractivity contribution is 7.81. The predicted molar refractivity (Wildman–Crippen MR) is 121 cm³/mol. The molecule has 0 rings (SSSR count). The topological polar surface area (TPSA) is 9.23 Å². The van der Waals surface area contributed by atoms with Crippen LogP contribution in [-0.4, -0.2) is 21.5 Å². The molecule has 0 aliphatic carbocycles. The number of rotatable bonds is 15. The van der Waals surface area contributed by atoms with E-state index < -0.39 is 16.1 Å². The zero-order valence-electron chi connectivity index (χ0n) is 17.8. The van der Waals surface area contributed by atoms with E-state index >= 15 is 0 Å². The van der Waals surface area contributed by atoms with Gasteiger partial charge in [0, 0.05) is 0 Å². The summed E-state index contributed by atoms with van der Waals surface area (Å²) in [6, 6.07) is 0.